The Kier molecular flexibility index (Phi) is 5.27. The van der Waals surface area contributed by atoms with Gasteiger partial charge < -0.3 is 10.0 Å². The first kappa shape index (κ1) is 21.1. The second kappa shape index (κ2) is 7.51. The molecule has 0 bridgehead atoms. The van der Waals surface area contributed by atoms with Gasteiger partial charge in [-0.2, -0.15) is 0 Å². The van der Waals surface area contributed by atoms with E-state index < -0.39 is 17.4 Å². The van der Waals surface area contributed by atoms with Crippen LogP contribution in [0.15, 0.2) is 48.5 Å². The summed E-state index contributed by atoms with van der Waals surface area (Å²) < 4.78 is 0. The monoisotopic (exact) mass is 425 g/mol. The summed E-state index contributed by atoms with van der Waals surface area (Å²) in [6.07, 6.45) is 1.73. The first-order chi connectivity index (χ1) is 14.1. The molecule has 2 aromatic carbocycles. The van der Waals surface area contributed by atoms with Crippen LogP contribution in [0.3, 0.4) is 0 Å². The third-order valence-electron chi connectivity index (χ3n) is 6.81. The maximum atomic E-state index is 13.7. The molecule has 4 nitrogen and oxygen atoms in total. The summed E-state index contributed by atoms with van der Waals surface area (Å²) in [6.45, 7) is 6.79. The molecule has 0 spiro atoms. The van der Waals surface area contributed by atoms with E-state index in [0.717, 1.165) is 12.0 Å². The molecule has 2 aromatic rings. The number of carbonyl (C=O) groups is 2. The quantitative estimate of drug-likeness (QED) is 0.743. The molecule has 0 saturated heterocycles. The fraction of sp³-hybridized carbons (Fsp3) is 0.440. The van der Waals surface area contributed by atoms with Crippen molar-refractivity contribution in [3.63, 3.8) is 0 Å². The largest absolute Gasteiger partial charge is 0.375 e. The predicted octanol–water partition coefficient (Wildman–Crippen LogP) is 5.11. The van der Waals surface area contributed by atoms with Crippen molar-refractivity contribution in [2.45, 2.75) is 52.2 Å². The molecule has 158 valence electrons. The number of aliphatic hydroxyl groups is 1. The van der Waals surface area contributed by atoms with Gasteiger partial charge in [-0.3, -0.25) is 9.59 Å². The second-order valence-electron chi connectivity index (χ2n) is 9.66. The van der Waals surface area contributed by atoms with Crippen LogP contribution in [0.2, 0.25) is 5.02 Å². The number of halogens is 1. The number of carbonyl (C=O) groups excluding carboxylic acids is 2. The number of benzene rings is 2. The molecule has 5 heteroatoms. The molecule has 1 saturated carbocycles. The third kappa shape index (κ3) is 3.46. The van der Waals surface area contributed by atoms with Gasteiger partial charge in [0.2, 0.25) is 0 Å². The summed E-state index contributed by atoms with van der Waals surface area (Å²) in [5.74, 6) is -0.880. The van der Waals surface area contributed by atoms with Crippen molar-refractivity contribution in [2.75, 3.05) is 4.90 Å². The summed E-state index contributed by atoms with van der Waals surface area (Å²) in [6, 6.07) is 14.6. The lowest BCUT2D eigenvalue weighted by Crippen LogP contribution is -2.51. The highest BCUT2D eigenvalue weighted by Crippen LogP contribution is 2.51. The first-order valence-corrected chi connectivity index (χ1v) is 10.9. The summed E-state index contributed by atoms with van der Waals surface area (Å²) in [5, 5.41) is 12.5. The molecule has 0 aromatic heterocycles. The Morgan fingerprint density at radius 2 is 1.77 bits per heavy atom. The van der Waals surface area contributed by atoms with E-state index >= 15 is 0 Å². The highest BCUT2D eigenvalue weighted by Gasteiger charge is 2.58. The van der Waals surface area contributed by atoms with E-state index in [4.69, 9.17) is 11.6 Å². The molecule has 0 radical (unpaired) electrons. The van der Waals surface area contributed by atoms with E-state index in [-0.39, 0.29) is 17.1 Å². The number of Topliss-reactive ketones (excluding diaryl/α,β-unsaturated/α-hetero) is 1. The van der Waals surface area contributed by atoms with Crippen molar-refractivity contribution < 1.29 is 14.7 Å². The number of hydrogen-bond acceptors (Lipinski definition) is 3. The predicted molar refractivity (Wildman–Crippen MR) is 118 cm³/mol. The highest BCUT2D eigenvalue weighted by atomic mass is 35.5. The fourth-order valence-electron chi connectivity index (χ4n) is 4.94. The van der Waals surface area contributed by atoms with Crippen LogP contribution in [0.4, 0.5) is 5.69 Å². The van der Waals surface area contributed by atoms with E-state index in [1.807, 2.05) is 30.3 Å². The average molecular weight is 426 g/mol. The first-order valence-electron chi connectivity index (χ1n) is 10.5. The number of hydrogen-bond donors (Lipinski definition) is 1. The van der Waals surface area contributed by atoms with Crippen molar-refractivity contribution >= 4 is 29.0 Å². The number of fused-ring (bicyclic) bond motifs is 1. The van der Waals surface area contributed by atoms with E-state index in [0.29, 0.717) is 35.7 Å². The molecule has 2 aliphatic rings. The van der Waals surface area contributed by atoms with Gasteiger partial charge in [0.15, 0.2) is 5.60 Å². The Balaban J connectivity index is 1.73. The van der Waals surface area contributed by atoms with Gasteiger partial charge in [0, 0.05) is 17.0 Å². The minimum absolute atomic E-state index is 0.0134. The standard InChI is InChI=1S/C25H28ClNO3/c1-24(2,3)17-10-13-22(28)20(14-17)25(30)19-6-4-5-7-21(19)27(23(25)29)15-16-8-11-18(26)12-9-16/h4-9,11-12,17,20,30H,10,13-15H2,1-3H3/t17-,20-,25+/m1/s1. The fourth-order valence-corrected chi connectivity index (χ4v) is 5.07. The number of nitrogens with zero attached hydrogens (tertiary/aromatic N) is 1. The number of para-hydroxylation sites is 1. The van der Waals surface area contributed by atoms with Crippen molar-refractivity contribution in [1.82, 2.24) is 0 Å². The number of rotatable bonds is 3. The van der Waals surface area contributed by atoms with Gasteiger partial charge >= 0.3 is 0 Å². The summed E-state index contributed by atoms with van der Waals surface area (Å²) in [7, 11) is 0. The van der Waals surface area contributed by atoms with Gasteiger partial charge in [-0.25, -0.2) is 0 Å². The Morgan fingerprint density at radius 3 is 2.43 bits per heavy atom. The zero-order chi connectivity index (χ0) is 21.7. The SMILES string of the molecule is CC(C)(C)[C@@H]1CCC(=O)[C@H]([C@]2(O)C(=O)N(Cc3ccc(Cl)cc3)c3ccccc32)C1. The van der Waals surface area contributed by atoms with Gasteiger partial charge in [0.25, 0.3) is 5.91 Å². The smallest absolute Gasteiger partial charge is 0.264 e. The summed E-state index contributed by atoms with van der Waals surface area (Å²) in [4.78, 5) is 28.2. The van der Waals surface area contributed by atoms with Crippen LogP contribution in [0.25, 0.3) is 0 Å². The molecule has 1 aliphatic heterocycles. The molecule has 4 rings (SSSR count). The van der Waals surface area contributed by atoms with E-state index in [2.05, 4.69) is 20.8 Å². The van der Waals surface area contributed by atoms with Crippen LogP contribution in [0.1, 0.15) is 51.2 Å². The van der Waals surface area contributed by atoms with Crippen LogP contribution < -0.4 is 4.90 Å². The molecule has 30 heavy (non-hydrogen) atoms. The Morgan fingerprint density at radius 1 is 1.10 bits per heavy atom. The van der Waals surface area contributed by atoms with Crippen molar-refractivity contribution in [2.24, 2.45) is 17.3 Å². The Labute approximate surface area is 182 Å². The molecule has 3 atom stereocenters. The molecule has 1 amide bonds. The maximum Gasteiger partial charge on any atom is 0.264 e. The van der Waals surface area contributed by atoms with Crippen LogP contribution >= 0.6 is 11.6 Å². The summed E-state index contributed by atoms with van der Waals surface area (Å²) >= 11 is 5.99. The van der Waals surface area contributed by atoms with Crippen molar-refractivity contribution in [1.29, 1.82) is 0 Å². The molecule has 0 unspecified atom stereocenters. The Hall–Kier alpha value is -2.17. The molecular formula is C25H28ClNO3. The van der Waals surface area contributed by atoms with E-state index in [1.54, 1.807) is 23.1 Å². The summed E-state index contributed by atoms with van der Waals surface area (Å²) in [5.41, 5.74) is 0.320. The van der Waals surface area contributed by atoms with Crippen LogP contribution in [0, 0.1) is 17.3 Å². The van der Waals surface area contributed by atoms with Crippen molar-refractivity contribution in [3.8, 4) is 0 Å². The lowest BCUT2D eigenvalue weighted by atomic mass is 9.63. The molecule has 1 heterocycles. The zero-order valence-corrected chi connectivity index (χ0v) is 18.4. The lowest BCUT2D eigenvalue weighted by molar-refractivity contribution is -0.154. The number of ketones is 1. The highest BCUT2D eigenvalue weighted by molar-refractivity contribution is 6.30. The molecule has 1 aliphatic carbocycles. The zero-order valence-electron chi connectivity index (χ0n) is 17.7. The average Bonchev–Trinajstić information content (AvgIpc) is 2.92. The number of anilines is 1. The van der Waals surface area contributed by atoms with Crippen LogP contribution in [0.5, 0.6) is 0 Å². The molecule has 1 fully saturated rings. The van der Waals surface area contributed by atoms with Gasteiger partial charge in [-0.1, -0.05) is 62.7 Å². The van der Waals surface area contributed by atoms with E-state index in [9.17, 15) is 14.7 Å². The van der Waals surface area contributed by atoms with Gasteiger partial charge in [-0.15, -0.1) is 0 Å². The normalized spacial score (nSPS) is 26.8. The van der Waals surface area contributed by atoms with Gasteiger partial charge in [0.05, 0.1) is 18.2 Å². The number of amides is 1. The Bertz CT molecular complexity index is 979. The lowest BCUT2D eigenvalue weighted by Gasteiger charge is -2.41. The minimum Gasteiger partial charge on any atom is -0.375 e. The minimum atomic E-state index is -1.82. The topological polar surface area (TPSA) is 57.6 Å². The van der Waals surface area contributed by atoms with Crippen molar-refractivity contribution in [3.05, 3.63) is 64.7 Å². The van der Waals surface area contributed by atoms with Crippen LogP contribution in [-0.4, -0.2) is 16.8 Å². The molecular weight excluding hydrogens is 398 g/mol. The van der Waals surface area contributed by atoms with Gasteiger partial charge in [-0.05, 0) is 47.9 Å². The second-order valence-corrected chi connectivity index (χ2v) is 10.1. The third-order valence-corrected chi connectivity index (χ3v) is 7.06. The maximum absolute atomic E-state index is 13.7. The van der Waals surface area contributed by atoms with Crippen LogP contribution in [-0.2, 0) is 21.7 Å². The van der Waals surface area contributed by atoms with E-state index in [1.165, 1.54) is 0 Å². The van der Waals surface area contributed by atoms with Gasteiger partial charge in [0.1, 0.15) is 5.78 Å². The molecule has 1 N–H and O–H groups in total.